The molecule has 1 aromatic carbocycles. The minimum absolute atomic E-state index is 0.124. The Morgan fingerprint density at radius 2 is 2.15 bits per heavy atom. The molecule has 1 rings (SSSR count). The van der Waals surface area contributed by atoms with Gasteiger partial charge in [-0.15, -0.1) is 0 Å². The predicted octanol–water partition coefficient (Wildman–Crippen LogP) is 2.43. The Balaban J connectivity index is 3.26. The van der Waals surface area contributed by atoms with Crippen molar-refractivity contribution < 1.29 is 14.3 Å². The van der Waals surface area contributed by atoms with Crippen LogP contribution in [0.1, 0.15) is 29.3 Å². The highest BCUT2D eigenvalue weighted by Gasteiger charge is 2.13. The summed E-state index contributed by atoms with van der Waals surface area (Å²) in [6.45, 7) is 3.14. The molecule has 0 saturated heterocycles. The maximum atomic E-state index is 12.9. The third kappa shape index (κ3) is 1.69. The lowest BCUT2D eigenvalue weighted by molar-refractivity contribution is 0.0985. The maximum absolute atomic E-state index is 12.9. The SMILES string of the molecule is CCC(=O)c1ccc(F)c(C)c1O. The molecule has 0 unspecified atom stereocenters. The first-order valence-corrected chi connectivity index (χ1v) is 4.09. The molecule has 0 amide bonds. The molecule has 0 fully saturated rings. The fourth-order valence-electron chi connectivity index (χ4n) is 1.09. The summed E-state index contributed by atoms with van der Waals surface area (Å²) in [7, 11) is 0. The second kappa shape index (κ2) is 3.56. The third-order valence-corrected chi connectivity index (χ3v) is 1.99. The minimum atomic E-state index is -0.495. The number of rotatable bonds is 2. The van der Waals surface area contributed by atoms with E-state index in [2.05, 4.69) is 0 Å². The van der Waals surface area contributed by atoms with Gasteiger partial charge in [-0.05, 0) is 19.1 Å². The molecule has 0 atom stereocenters. The van der Waals surface area contributed by atoms with E-state index >= 15 is 0 Å². The molecular formula is C10H11FO2. The Morgan fingerprint density at radius 1 is 1.54 bits per heavy atom. The molecule has 0 bridgehead atoms. The summed E-state index contributed by atoms with van der Waals surface area (Å²) in [5.74, 6) is -0.919. The zero-order chi connectivity index (χ0) is 10.0. The van der Waals surface area contributed by atoms with Crippen molar-refractivity contribution in [3.63, 3.8) is 0 Å². The first-order chi connectivity index (χ1) is 6.07. The highest BCUT2D eigenvalue weighted by molar-refractivity contribution is 5.98. The molecule has 0 saturated carbocycles. The lowest BCUT2D eigenvalue weighted by atomic mass is 10.0. The number of Topliss-reactive ketones (excluding diaryl/α,β-unsaturated/α-hetero) is 1. The number of aromatic hydroxyl groups is 1. The van der Waals surface area contributed by atoms with Crippen LogP contribution in [0.15, 0.2) is 12.1 Å². The van der Waals surface area contributed by atoms with Crippen molar-refractivity contribution in [3.8, 4) is 5.75 Å². The standard InChI is InChI=1S/C10H11FO2/c1-3-9(12)7-4-5-8(11)6(2)10(7)13/h4-5,13H,3H2,1-2H3. The predicted molar refractivity (Wildman–Crippen MR) is 47.4 cm³/mol. The normalized spacial score (nSPS) is 10.1. The van der Waals surface area contributed by atoms with E-state index in [9.17, 15) is 14.3 Å². The number of carbonyl (C=O) groups excluding carboxylic acids is 1. The van der Waals surface area contributed by atoms with Crippen molar-refractivity contribution in [1.29, 1.82) is 0 Å². The average Bonchev–Trinajstić information content (AvgIpc) is 2.13. The molecule has 0 spiro atoms. The molecule has 2 nitrogen and oxygen atoms in total. The number of phenolic OH excluding ortho intramolecular Hbond substituents is 1. The van der Waals surface area contributed by atoms with E-state index in [1.807, 2.05) is 0 Å². The van der Waals surface area contributed by atoms with Gasteiger partial charge in [0.1, 0.15) is 11.6 Å². The Morgan fingerprint density at radius 3 is 2.69 bits per heavy atom. The number of hydrogen-bond donors (Lipinski definition) is 1. The Labute approximate surface area is 76.0 Å². The molecular weight excluding hydrogens is 171 g/mol. The van der Waals surface area contributed by atoms with Gasteiger partial charge in [-0.3, -0.25) is 4.79 Å². The monoisotopic (exact) mass is 182 g/mol. The van der Waals surface area contributed by atoms with Gasteiger partial charge in [-0.1, -0.05) is 6.92 Å². The summed E-state index contributed by atoms with van der Waals surface area (Å²) in [5.41, 5.74) is 0.320. The van der Waals surface area contributed by atoms with Gasteiger partial charge < -0.3 is 5.11 Å². The maximum Gasteiger partial charge on any atom is 0.166 e. The molecule has 0 aromatic heterocycles. The van der Waals surface area contributed by atoms with Crippen LogP contribution in [0.2, 0.25) is 0 Å². The molecule has 0 aliphatic rings. The average molecular weight is 182 g/mol. The van der Waals surface area contributed by atoms with Crippen LogP contribution in [0, 0.1) is 12.7 Å². The van der Waals surface area contributed by atoms with Gasteiger partial charge in [-0.2, -0.15) is 0 Å². The molecule has 0 radical (unpaired) electrons. The molecule has 3 heteroatoms. The molecule has 1 aromatic rings. The van der Waals surface area contributed by atoms with Gasteiger partial charge in [0.25, 0.3) is 0 Å². The molecule has 0 heterocycles. The number of benzene rings is 1. The summed E-state index contributed by atoms with van der Waals surface area (Å²) in [6, 6.07) is 2.50. The molecule has 0 aliphatic heterocycles. The van der Waals surface area contributed by atoms with E-state index in [4.69, 9.17) is 0 Å². The van der Waals surface area contributed by atoms with E-state index in [0.717, 1.165) is 0 Å². The van der Waals surface area contributed by atoms with Gasteiger partial charge >= 0.3 is 0 Å². The van der Waals surface area contributed by atoms with Crippen molar-refractivity contribution >= 4 is 5.78 Å². The first kappa shape index (κ1) is 9.71. The Hall–Kier alpha value is -1.38. The van der Waals surface area contributed by atoms with E-state index in [1.54, 1.807) is 6.92 Å². The fraction of sp³-hybridized carbons (Fsp3) is 0.300. The van der Waals surface area contributed by atoms with Gasteiger partial charge in [0.2, 0.25) is 0 Å². The zero-order valence-electron chi connectivity index (χ0n) is 7.60. The second-order valence-corrected chi connectivity index (χ2v) is 2.85. The van der Waals surface area contributed by atoms with Crippen LogP contribution >= 0.6 is 0 Å². The zero-order valence-corrected chi connectivity index (χ0v) is 7.60. The summed E-state index contributed by atoms with van der Waals surface area (Å²) in [4.78, 5) is 11.2. The number of hydrogen-bond acceptors (Lipinski definition) is 2. The van der Waals surface area contributed by atoms with Crippen LogP contribution in [0.5, 0.6) is 5.75 Å². The van der Waals surface area contributed by atoms with Crippen molar-refractivity contribution in [2.75, 3.05) is 0 Å². The van der Waals surface area contributed by atoms with Crippen molar-refractivity contribution in [1.82, 2.24) is 0 Å². The number of phenols is 1. The summed E-state index contributed by atoms with van der Waals surface area (Å²) in [5, 5.41) is 9.42. The van der Waals surface area contributed by atoms with Crippen LogP contribution in [0.3, 0.4) is 0 Å². The van der Waals surface area contributed by atoms with E-state index < -0.39 is 5.82 Å². The largest absolute Gasteiger partial charge is 0.507 e. The quantitative estimate of drug-likeness (QED) is 0.713. The van der Waals surface area contributed by atoms with Crippen LogP contribution in [-0.4, -0.2) is 10.9 Å². The third-order valence-electron chi connectivity index (χ3n) is 1.99. The molecule has 0 aliphatic carbocycles. The highest BCUT2D eigenvalue weighted by atomic mass is 19.1. The summed E-state index contributed by atoms with van der Waals surface area (Å²) in [6.07, 6.45) is 0.304. The molecule has 1 N–H and O–H groups in total. The fourth-order valence-corrected chi connectivity index (χ4v) is 1.09. The smallest absolute Gasteiger partial charge is 0.166 e. The number of carbonyl (C=O) groups is 1. The first-order valence-electron chi connectivity index (χ1n) is 4.09. The van der Waals surface area contributed by atoms with E-state index in [1.165, 1.54) is 19.1 Å². The van der Waals surface area contributed by atoms with Crippen LogP contribution in [0.4, 0.5) is 4.39 Å². The van der Waals surface area contributed by atoms with Gasteiger partial charge in [-0.25, -0.2) is 4.39 Å². The summed E-state index contributed by atoms with van der Waals surface area (Å²) < 4.78 is 12.9. The second-order valence-electron chi connectivity index (χ2n) is 2.85. The Kier molecular flexibility index (Phi) is 2.66. The molecule has 13 heavy (non-hydrogen) atoms. The molecule has 70 valence electrons. The number of halogens is 1. The number of ketones is 1. The van der Waals surface area contributed by atoms with Gasteiger partial charge in [0, 0.05) is 12.0 Å². The van der Waals surface area contributed by atoms with Gasteiger partial charge in [0.05, 0.1) is 5.56 Å². The highest BCUT2D eigenvalue weighted by Crippen LogP contribution is 2.25. The van der Waals surface area contributed by atoms with E-state index in [0.29, 0.717) is 6.42 Å². The van der Waals surface area contributed by atoms with Crippen LogP contribution in [0.25, 0.3) is 0 Å². The van der Waals surface area contributed by atoms with Crippen molar-refractivity contribution in [2.45, 2.75) is 20.3 Å². The van der Waals surface area contributed by atoms with Crippen molar-refractivity contribution in [3.05, 3.63) is 29.1 Å². The lowest BCUT2D eigenvalue weighted by Gasteiger charge is -2.05. The topological polar surface area (TPSA) is 37.3 Å². The van der Waals surface area contributed by atoms with E-state index in [-0.39, 0.29) is 22.7 Å². The lowest BCUT2D eigenvalue weighted by Crippen LogP contribution is -1.99. The minimum Gasteiger partial charge on any atom is -0.507 e. The Bertz CT molecular complexity index is 345. The van der Waals surface area contributed by atoms with Crippen LogP contribution in [-0.2, 0) is 0 Å². The van der Waals surface area contributed by atoms with Gasteiger partial charge in [0.15, 0.2) is 5.78 Å². The summed E-state index contributed by atoms with van der Waals surface area (Å²) >= 11 is 0. The van der Waals surface area contributed by atoms with Crippen molar-refractivity contribution in [2.24, 2.45) is 0 Å². The van der Waals surface area contributed by atoms with Crippen LogP contribution < -0.4 is 0 Å².